The zero-order valence-corrected chi connectivity index (χ0v) is 19.4. The average molecular weight is 373 g/mol. The molecule has 0 aliphatic carbocycles. The Labute approximate surface area is 150 Å². The minimum absolute atomic E-state index is 0.0344. The van der Waals surface area contributed by atoms with E-state index in [1.54, 1.807) is 13.0 Å². The summed E-state index contributed by atoms with van der Waals surface area (Å²) in [6.07, 6.45) is 2.93. The summed E-state index contributed by atoms with van der Waals surface area (Å²) < 4.78 is 11.4. The molecule has 140 valence electrons. The second-order valence-corrected chi connectivity index (χ2v) is 19.0. The molecule has 0 radical (unpaired) electrons. The monoisotopic (exact) mass is 372 g/mol. The van der Waals surface area contributed by atoms with Crippen molar-refractivity contribution < 1.29 is 18.4 Å². The van der Waals surface area contributed by atoms with Gasteiger partial charge in [-0.05, 0) is 43.2 Å². The minimum atomic E-state index is -2.14. The van der Waals surface area contributed by atoms with Gasteiger partial charge in [0, 0.05) is 6.08 Å². The minimum Gasteiger partial charge on any atom is -0.519 e. The average Bonchev–Trinajstić information content (AvgIpc) is 2.31. The third-order valence-electron chi connectivity index (χ3n) is 5.22. The van der Waals surface area contributed by atoms with E-state index in [-0.39, 0.29) is 22.0 Å². The molecule has 0 aromatic carbocycles. The summed E-state index contributed by atoms with van der Waals surface area (Å²) >= 11 is 0. The van der Waals surface area contributed by atoms with E-state index in [1.165, 1.54) is 6.08 Å². The molecule has 6 heteroatoms. The summed E-state index contributed by atoms with van der Waals surface area (Å²) in [4.78, 5) is 24.3. The van der Waals surface area contributed by atoms with Crippen LogP contribution in [0.4, 0.5) is 0 Å². The van der Waals surface area contributed by atoms with E-state index in [4.69, 9.17) is 8.85 Å². The van der Waals surface area contributed by atoms with Gasteiger partial charge in [0.25, 0.3) is 22.6 Å². The first-order valence-electron chi connectivity index (χ1n) is 8.55. The highest BCUT2D eigenvalue weighted by Gasteiger charge is 2.41. The van der Waals surface area contributed by atoms with Gasteiger partial charge in [0.15, 0.2) is 0 Å². The summed E-state index contributed by atoms with van der Waals surface area (Å²) in [6, 6.07) is 0. The molecule has 1 atom stereocenters. The second-order valence-electron chi connectivity index (χ2n) is 9.51. The summed E-state index contributed by atoms with van der Waals surface area (Å²) in [5.41, 5.74) is 0. The molecule has 0 saturated carbocycles. The van der Waals surface area contributed by atoms with E-state index in [2.05, 4.69) is 41.5 Å². The molecular weight excluding hydrogens is 336 g/mol. The molecule has 0 aromatic rings. The lowest BCUT2D eigenvalue weighted by Crippen LogP contribution is -2.43. The van der Waals surface area contributed by atoms with Crippen LogP contribution in [-0.4, -0.2) is 28.6 Å². The Morgan fingerprint density at radius 1 is 0.833 bits per heavy atom. The number of rotatable bonds is 5. The quantitative estimate of drug-likeness (QED) is 0.487. The topological polar surface area (TPSA) is 52.6 Å². The Balaban J connectivity index is 4.83. The maximum atomic E-state index is 12.3. The maximum Gasteiger partial charge on any atom is 0.317 e. The molecule has 4 nitrogen and oxygen atoms in total. The summed E-state index contributed by atoms with van der Waals surface area (Å²) in [5.74, 6) is -1.13. The lowest BCUT2D eigenvalue weighted by Gasteiger charge is -2.36. The Kier molecular flexibility index (Phi) is 7.28. The molecule has 0 heterocycles. The van der Waals surface area contributed by atoms with Crippen LogP contribution in [0.15, 0.2) is 12.2 Å². The van der Waals surface area contributed by atoms with Crippen LogP contribution in [0, 0.1) is 5.92 Å². The first-order valence-corrected chi connectivity index (χ1v) is 14.4. The Morgan fingerprint density at radius 2 is 1.21 bits per heavy atom. The van der Waals surface area contributed by atoms with E-state index >= 15 is 0 Å². The van der Waals surface area contributed by atoms with Gasteiger partial charge in [-0.2, -0.15) is 0 Å². The molecule has 0 aliphatic heterocycles. The third-order valence-corrected chi connectivity index (χ3v) is 13.9. The van der Waals surface area contributed by atoms with Gasteiger partial charge >= 0.3 is 5.97 Å². The van der Waals surface area contributed by atoms with Crippen LogP contribution in [0.3, 0.4) is 0 Å². The fourth-order valence-electron chi connectivity index (χ4n) is 1.24. The molecule has 0 bridgehead atoms. The SMILES string of the molecule is CC(/C=C/C(=O)O[Si](C)(C)C(C)(C)C)C(=O)O[Si](C)(C)C(C)(C)C. The fraction of sp³-hybridized carbons (Fsp3) is 0.778. The van der Waals surface area contributed by atoms with Crippen LogP contribution in [0.2, 0.25) is 36.3 Å². The lowest BCUT2D eigenvalue weighted by atomic mass is 10.2. The number of carbonyl (C=O) groups is 2. The highest BCUT2D eigenvalue weighted by atomic mass is 28.4. The van der Waals surface area contributed by atoms with Gasteiger partial charge in [-0.15, -0.1) is 0 Å². The second kappa shape index (κ2) is 7.56. The molecule has 0 amide bonds. The van der Waals surface area contributed by atoms with Crippen molar-refractivity contribution >= 4 is 28.6 Å². The zero-order valence-electron chi connectivity index (χ0n) is 17.4. The molecular formula is C18H36O4Si2. The fourth-order valence-corrected chi connectivity index (χ4v) is 3.11. The highest BCUT2D eigenvalue weighted by molar-refractivity contribution is 6.76. The molecule has 0 fully saturated rings. The van der Waals surface area contributed by atoms with Gasteiger partial charge in [0.1, 0.15) is 0 Å². The largest absolute Gasteiger partial charge is 0.519 e. The van der Waals surface area contributed by atoms with Crippen LogP contribution in [0.25, 0.3) is 0 Å². The maximum absolute atomic E-state index is 12.3. The van der Waals surface area contributed by atoms with Crippen LogP contribution in [0.1, 0.15) is 48.5 Å². The van der Waals surface area contributed by atoms with Gasteiger partial charge in [-0.1, -0.05) is 47.6 Å². The Hall–Kier alpha value is -0.886. The normalized spacial score (nSPS) is 15.3. The molecule has 0 spiro atoms. The molecule has 0 rings (SSSR count). The van der Waals surface area contributed by atoms with Crippen LogP contribution in [-0.2, 0) is 18.4 Å². The first kappa shape index (κ1) is 23.1. The van der Waals surface area contributed by atoms with Crippen molar-refractivity contribution in [3.63, 3.8) is 0 Å². The van der Waals surface area contributed by atoms with E-state index in [0.29, 0.717) is 0 Å². The summed E-state index contributed by atoms with van der Waals surface area (Å²) in [6.45, 7) is 22.4. The van der Waals surface area contributed by atoms with Crippen LogP contribution in [0.5, 0.6) is 0 Å². The first-order chi connectivity index (χ1) is 10.4. The van der Waals surface area contributed by atoms with Crippen LogP contribution < -0.4 is 0 Å². The van der Waals surface area contributed by atoms with Crippen molar-refractivity contribution in [2.24, 2.45) is 5.92 Å². The van der Waals surface area contributed by atoms with Gasteiger partial charge in [0.05, 0.1) is 5.92 Å². The number of hydrogen-bond donors (Lipinski definition) is 0. The number of hydrogen-bond acceptors (Lipinski definition) is 4. The van der Waals surface area contributed by atoms with Crippen molar-refractivity contribution in [2.75, 3.05) is 0 Å². The highest BCUT2D eigenvalue weighted by Crippen LogP contribution is 2.37. The van der Waals surface area contributed by atoms with E-state index in [1.807, 2.05) is 26.2 Å². The number of carbonyl (C=O) groups excluding carboxylic acids is 2. The summed E-state index contributed by atoms with van der Waals surface area (Å²) in [7, 11) is -4.28. The lowest BCUT2D eigenvalue weighted by molar-refractivity contribution is -0.137. The van der Waals surface area contributed by atoms with Gasteiger partial charge in [0.2, 0.25) is 0 Å². The summed E-state index contributed by atoms with van der Waals surface area (Å²) in [5, 5.41) is -0.0727. The van der Waals surface area contributed by atoms with Gasteiger partial charge < -0.3 is 8.85 Å². The van der Waals surface area contributed by atoms with Crippen molar-refractivity contribution in [1.82, 2.24) is 0 Å². The molecule has 0 aliphatic rings. The van der Waals surface area contributed by atoms with E-state index < -0.39 is 22.6 Å². The molecule has 0 aromatic heterocycles. The van der Waals surface area contributed by atoms with Gasteiger partial charge in [-0.25, -0.2) is 4.79 Å². The van der Waals surface area contributed by atoms with E-state index in [0.717, 1.165) is 0 Å². The van der Waals surface area contributed by atoms with E-state index in [9.17, 15) is 9.59 Å². The van der Waals surface area contributed by atoms with Crippen molar-refractivity contribution in [1.29, 1.82) is 0 Å². The zero-order chi connectivity index (χ0) is 19.6. The molecule has 1 unspecified atom stereocenters. The molecule has 0 saturated heterocycles. The smallest absolute Gasteiger partial charge is 0.317 e. The molecule has 0 N–H and O–H groups in total. The standard InChI is InChI=1S/C18H36O4Si2/c1-14(16(20)22-24(10,11)18(5,6)7)12-13-15(19)21-23(8,9)17(2,3)4/h12-14H,1-11H3/b13-12+. The van der Waals surface area contributed by atoms with Crippen molar-refractivity contribution in [3.05, 3.63) is 12.2 Å². The van der Waals surface area contributed by atoms with Crippen molar-refractivity contribution in [2.45, 2.75) is 84.7 Å². The Bertz CT molecular complexity index is 494. The van der Waals surface area contributed by atoms with Crippen LogP contribution >= 0.6 is 0 Å². The molecule has 24 heavy (non-hydrogen) atoms. The van der Waals surface area contributed by atoms with Gasteiger partial charge in [-0.3, -0.25) is 4.79 Å². The predicted octanol–water partition coefficient (Wildman–Crippen LogP) is 5.28. The Morgan fingerprint density at radius 3 is 1.58 bits per heavy atom. The van der Waals surface area contributed by atoms with Crippen molar-refractivity contribution in [3.8, 4) is 0 Å². The predicted molar refractivity (Wildman–Crippen MR) is 105 cm³/mol. The third kappa shape index (κ3) is 6.55.